The Morgan fingerprint density at radius 2 is 2.15 bits per heavy atom. The van der Waals surface area contributed by atoms with Gasteiger partial charge in [0.05, 0.1) is 12.2 Å². The van der Waals surface area contributed by atoms with E-state index in [2.05, 4.69) is 10.2 Å². The number of rotatable bonds is 4. The minimum Gasteiger partial charge on any atom is -0.478 e. The lowest BCUT2D eigenvalue weighted by molar-refractivity contribution is 0.0697. The van der Waals surface area contributed by atoms with Crippen LogP contribution in [-0.4, -0.2) is 28.3 Å². The van der Waals surface area contributed by atoms with Crippen molar-refractivity contribution in [2.75, 3.05) is 11.9 Å². The Kier molecular flexibility index (Phi) is 4.20. The average Bonchev–Trinajstić information content (AvgIpc) is 2.45. The van der Waals surface area contributed by atoms with Crippen molar-refractivity contribution in [2.24, 2.45) is 0 Å². The maximum absolute atomic E-state index is 11.2. The Bertz CT molecular complexity index is 633. The molecule has 0 saturated heterocycles. The van der Waals surface area contributed by atoms with Crippen LogP contribution in [0.15, 0.2) is 36.5 Å². The van der Waals surface area contributed by atoms with Gasteiger partial charge in [0.15, 0.2) is 5.82 Å². The summed E-state index contributed by atoms with van der Waals surface area (Å²) in [7, 11) is 1.78. The molecule has 0 bridgehead atoms. The zero-order valence-corrected chi connectivity index (χ0v) is 11.9. The van der Waals surface area contributed by atoms with Gasteiger partial charge in [-0.25, -0.2) is 4.79 Å². The summed E-state index contributed by atoms with van der Waals surface area (Å²) in [6.45, 7) is 1.95. The zero-order valence-electron chi connectivity index (χ0n) is 11.1. The van der Waals surface area contributed by atoms with E-state index in [-0.39, 0.29) is 11.6 Å². The molecule has 0 radical (unpaired) electrons. The summed E-state index contributed by atoms with van der Waals surface area (Å²) in [6.07, 6.45) is 1.37. The van der Waals surface area contributed by atoms with Crippen molar-refractivity contribution in [3.8, 4) is 0 Å². The highest BCUT2D eigenvalue weighted by atomic mass is 35.5. The van der Waals surface area contributed by atoms with Crippen molar-refractivity contribution in [1.29, 1.82) is 0 Å². The molecule has 0 aliphatic carbocycles. The maximum Gasteiger partial charge on any atom is 0.339 e. The first-order chi connectivity index (χ1) is 9.50. The molecule has 0 saturated carbocycles. The minimum absolute atomic E-state index is 0.0801. The number of halogens is 1. The van der Waals surface area contributed by atoms with Gasteiger partial charge in [-0.2, -0.15) is 5.10 Å². The van der Waals surface area contributed by atoms with Crippen molar-refractivity contribution in [1.82, 2.24) is 10.2 Å². The largest absolute Gasteiger partial charge is 0.478 e. The van der Waals surface area contributed by atoms with E-state index in [0.717, 1.165) is 5.56 Å². The molecule has 0 fully saturated rings. The van der Waals surface area contributed by atoms with Gasteiger partial charge in [-0.15, -0.1) is 5.10 Å². The van der Waals surface area contributed by atoms with E-state index >= 15 is 0 Å². The van der Waals surface area contributed by atoms with Gasteiger partial charge in [-0.05, 0) is 30.7 Å². The zero-order chi connectivity index (χ0) is 14.7. The van der Waals surface area contributed by atoms with E-state index in [1.54, 1.807) is 18.0 Å². The van der Waals surface area contributed by atoms with Crippen LogP contribution >= 0.6 is 11.6 Å². The summed E-state index contributed by atoms with van der Waals surface area (Å²) < 4.78 is 0. The van der Waals surface area contributed by atoms with Gasteiger partial charge in [0, 0.05) is 12.1 Å². The molecule has 2 aromatic rings. The summed E-state index contributed by atoms with van der Waals surface area (Å²) >= 11 is 5.98. The summed E-state index contributed by atoms with van der Waals surface area (Å²) in [5, 5.41) is 17.5. The molecule has 1 unspecified atom stereocenters. The second-order valence-corrected chi connectivity index (χ2v) is 4.85. The Balaban J connectivity index is 2.36. The van der Waals surface area contributed by atoms with Crippen molar-refractivity contribution < 1.29 is 9.90 Å². The van der Waals surface area contributed by atoms with Gasteiger partial charge in [-0.3, -0.25) is 0 Å². The van der Waals surface area contributed by atoms with Gasteiger partial charge in [-0.1, -0.05) is 23.7 Å². The normalized spacial score (nSPS) is 11.9. The number of aromatic carboxylic acids is 1. The fourth-order valence-electron chi connectivity index (χ4n) is 1.93. The van der Waals surface area contributed by atoms with Crippen LogP contribution in [0.25, 0.3) is 0 Å². The average molecular weight is 292 g/mol. The first kappa shape index (κ1) is 14.3. The van der Waals surface area contributed by atoms with Crippen molar-refractivity contribution in [2.45, 2.75) is 13.0 Å². The molecule has 1 aromatic heterocycles. The molecule has 1 atom stereocenters. The van der Waals surface area contributed by atoms with E-state index in [9.17, 15) is 9.90 Å². The topological polar surface area (TPSA) is 66.3 Å². The summed E-state index contributed by atoms with van der Waals surface area (Å²) in [5.41, 5.74) is 1.10. The number of carboxylic acids is 1. The van der Waals surface area contributed by atoms with E-state index < -0.39 is 5.97 Å². The molecule has 0 amide bonds. The van der Waals surface area contributed by atoms with Gasteiger partial charge in [0.1, 0.15) is 5.56 Å². The monoisotopic (exact) mass is 291 g/mol. The van der Waals surface area contributed by atoms with Crippen LogP contribution in [0.4, 0.5) is 5.82 Å². The number of anilines is 1. The molecule has 0 aliphatic rings. The Hall–Kier alpha value is -2.14. The first-order valence-electron chi connectivity index (χ1n) is 6.04. The molecule has 1 heterocycles. The highest BCUT2D eigenvalue weighted by Crippen LogP contribution is 2.27. The van der Waals surface area contributed by atoms with Gasteiger partial charge in [0.2, 0.25) is 0 Å². The molecule has 1 N–H and O–H groups in total. The number of carbonyl (C=O) groups is 1. The molecule has 2 rings (SSSR count). The smallest absolute Gasteiger partial charge is 0.339 e. The fraction of sp³-hybridized carbons (Fsp3) is 0.214. The molecule has 1 aromatic carbocycles. The van der Waals surface area contributed by atoms with Crippen molar-refractivity contribution >= 4 is 23.4 Å². The summed E-state index contributed by atoms with van der Waals surface area (Å²) in [5.74, 6) is -0.701. The summed E-state index contributed by atoms with van der Waals surface area (Å²) in [6, 6.07) is 8.79. The Morgan fingerprint density at radius 1 is 1.40 bits per heavy atom. The lowest BCUT2D eigenvalue weighted by Gasteiger charge is -2.26. The lowest BCUT2D eigenvalue weighted by Crippen LogP contribution is -2.25. The molecular formula is C14H14ClN3O2. The number of nitrogens with zero attached hydrogens (tertiary/aromatic N) is 3. The van der Waals surface area contributed by atoms with Crippen LogP contribution in [0.2, 0.25) is 5.02 Å². The van der Waals surface area contributed by atoms with Gasteiger partial charge < -0.3 is 10.0 Å². The molecular weight excluding hydrogens is 278 g/mol. The van der Waals surface area contributed by atoms with Crippen LogP contribution in [0, 0.1) is 0 Å². The Morgan fingerprint density at radius 3 is 2.80 bits per heavy atom. The molecule has 104 valence electrons. The number of hydrogen-bond acceptors (Lipinski definition) is 4. The second-order valence-electron chi connectivity index (χ2n) is 4.42. The van der Waals surface area contributed by atoms with E-state index in [1.165, 1.54) is 12.3 Å². The number of carboxylic acid groups (broad SMARTS) is 1. The highest BCUT2D eigenvalue weighted by molar-refractivity contribution is 6.30. The first-order valence-corrected chi connectivity index (χ1v) is 6.41. The van der Waals surface area contributed by atoms with Crippen molar-refractivity contribution in [3.05, 3.63) is 52.7 Å². The number of benzene rings is 1. The minimum atomic E-state index is -1.03. The van der Waals surface area contributed by atoms with Crippen LogP contribution in [0.3, 0.4) is 0 Å². The van der Waals surface area contributed by atoms with Crippen LogP contribution in [-0.2, 0) is 0 Å². The highest BCUT2D eigenvalue weighted by Gasteiger charge is 2.20. The molecule has 0 aliphatic heterocycles. The molecule has 20 heavy (non-hydrogen) atoms. The molecule has 0 spiro atoms. The third-order valence-electron chi connectivity index (χ3n) is 3.18. The lowest BCUT2D eigenvalue weighted by atomic mass is 10.1. The molecule has 6 heteroatoms. The van der Waals surface area contributed by atoms with E-state index in [1.807, 2.05) is 25.1 Å². The SMILES string of the molecule is CC(c1cccc(Cl)c1)N(C)c1nnccc1C(=O)O. The van der Waals surface area contributed by atoms with Gasteiger partial charge in [0.25, 0.3) is 0 Å². The standard InChI is InChI=1S/C14H14ClN3O2/c1-9(10-4-3-5-11(15)8-10)18(2)13-12(14(19)20)6-7-16-17-13/h3-9H,1-2H3,(H,19,20). The number of aromatic nitrogens is 2. The predicted octanol–water partition coefficient (Wildman–Crippen LogP) is 3.03. The summed E-state index contributed by atoms with van der Waals surface area (Å²) in [4.78, 5) is 13.0. The van der Waals surface area contributed by atoms with Crippen molar-refractivity contribution in [3.63, 3.8) is 0 Å². The van der Waals surface area contributed by atoms with Crippen LogP contribution in [0.5, 0.6) is 0 Å². The van der Waals surface area contributed by atoms with E-state index in [0.29, 0.717) is 10.8 Å². The third-order valence-corrected chi connectivity index (χ3v) is 3.41. The fourth-order valence-corrected chi connectivity index (χ4v) is 2.12. The maximum atomic E-state index is 11.2. The predicted molar refractivity (Wildman–Crippen MR) is 77.3 cm³/mol. The van der Waals surface area contributed by atoms with E-state index in [4.69, 9.17) is 11.6 Å². The Labute approximate surface area is 121 Å². The van der Waals surface area contributed by atoms with Crippen LogP contribution in [0.1, 0.15) is 28.9 Å². The van der Waals surface area contributed by atoms with Gasteiger partial charge >= 0.3 is 5.97 Å². The second kappa shape index (κ2) is 5.88. The quantitative estimate of drug-likeness (QED) is 0.938. The third kappa shape index (κ3) is 2.88. The van der Waals surface area contributed by atoms with Crippen LogP contribution < -0.4 is 4.90 Å². The molecule has 5 nitrogen and oxygen atoms in total. The number of hydrogen-bond donors (Lipinski definition) is 1.